The fraction of sp³-hybridized carbons (Fsp3) is 0.412. The molecule has 25 heavy (non-hydrogen) atoms. The number of rotatable bonds is 6. The highest BCUT2D eigenvalue weighted by Crippen LogP contribution is 2.24. The quantitative estimate of drug-likeness (QED) is 0.571. The predicted octanol–water partition coefficient (Wildman–Crippen LogP) is 0.970. The minimum Gasteiger partial charge on any atom is -0.480 e. The SMILES string of the molecule is CC(C)C[C@H](NC(=O)c1ccc(C2(C)NC(=O)NC2=O)cc1)C(=O)O. The van der Waals surface area contributed by atoms with Gasteiger partial charge in [-0.15, -0.1) is 0 Å². The molecule has 8 heteroatoms. The molecule has 0 aliphatic carbocycles. The van der Waals surface area contributed by atoms with Crippen LogP contribution in [0, 0.1) is 5.92 Å². The largest absolute Gasteiger partial charge is 0.480 e. The normalized spacial score (nSPS) is 20.8. The lowest BCUT2D eigenvalue weighted by atomic mass is 9.91. The van der Waals surface area contributed by atoms with Crippen molar-refractivity contribution in [3.8, 4) is 0 Å². The highest BCUT2D eigenvalue weighted by atomic mass is 16.4. The summed E-state index contributed by atoms with van der Waals surface area (Å²) < 4.78 is 0. The van der Waals surface area contributed by atoms with Crippen molar-refractivity contribution in [1.29, 1.82) is 0 Å². The van der Waals surface area contributed by atoms with Gasteiger partial charge < -0.3 is 15.7 Å². The standard InChI is InChI=1S/C17H21N3O5/c1-9(2)8-12(14(22)23)18-13(21)10-4-6-11(7-5-10)17(3)15(24)19-16(25)20-17/h4-7,9,12H,8H2,1-3H3,(H,18,21)(H,22,23)(H2,19,20,24,25)/t12-,17?/m0/s1. The van der Waals surface area contributed by atoms with Crippen molar-refractivity contribution in [2.24, 2.45) is 5.92 Å². The zero-order valence-electron chi connectivity index (χ0n) is 14.3. The van der Waals surface area contributed by atoms with E-state index in [2.05, 4.69) is 16.0 Å². The number of carboxylic acids is 1. The van der Waals surface area contributed by atoms with Crippen LogP contribution in [0.2, 0.25) is 0 Å². The molecule has 134 valence electrons. The first-order valence-electron chi connectivity index (χ1n) is 7.91. The predicted molar refractivity (Wildman–Crippen MR) is 88.8 cm³/mol. The number of hydrogen-bond donors (Lipinski definition) is 4. The molecule has 4 N–H and O–H groups in total. The number of carbonyl (C=O) groups is 4. The molecule has 2 rings (SSSR count). The van der Waals surface area contributed by atoms with E-state index in [4.69, 9.17) is 0 Å². The molecular weight excluding hydrogens is 326 g/mol. The molecule has 1 saturated heterocycles. The molecule has 1 aromatic rings. The Morgan fingerprint density at radius 1 is 1.20 bits per heavy atom. The maximum atomic E-state index is 12.2. The van der Waals surface area contributed by atoms with Crippen LogP contribution in [0.4, 0.5) is 4.79 Å². The Kier molecular flexibility index (Phi) is 5.10. The summed E-state index contributed by atoms with van der Waals surface area (Å²) in [4.78, 5) is 46.7. The van der Waals surface area contributed by atoms with Crippen molar-refractivity contribution in [3.63, 3.8) is 0 Å². The molecule has 4 amide bonds. The van der Waals surface area contributed by atoms with Gasteiger partial charge >= 0.3 is 12.0 Å². The molecule has 0 aromatic heterocycles. The third-order valence-electron chi connectivity index (χ3n) is 4.08. The second-order valence-corrected chi connectivity index (χ2v) is 6.60. The van der Waals surface area contributed by atoms with Gasteiger partial charge in [-0.1, -0.05) is 26.0 Å². The molecule has 1 unspecified atom stereocenters. The summed E-state index contributed by atoms with van der Waals surface area (Å²) in [5, 5.41) is 16.4. The summed E-state index contributed by atoms with van der Waals surface area (Å²) in [6, 6.07) is 4.54. The number of hydrogen-bond acceptors (Lipinski definition) is 4. The smallest absolute Gasteiger partial charge is 0.326 e. The van der Waals surface area contributed by atoms with E-state index >= 15 is 0 Å². The molecule has 0 saturated carbocycles. The third kappa shape index (κ3) is 3.96. The Bertz CT molecular complexity index is 713. The van der Waals surface area contributed by atoms with Gasteiger partial charge in [-0.05, 0) is 37.0 Å². The number of amides is 4. The molecule has 2 atom stereocenters. The van der Waals surface area contributed by atoms with Gasteiger partial charge in [0.15, 0.2) is 0 Å². The van der Waals surface area contributed by atoms with E-state index in [9.17, 15) is 24.3 Å². The van der Waals surface area contributed by atoms with Gasteiger partial charge in [0.2, 0.25) is 0 Å². The average molecular weight is 347 g/mol. The van der Waals surface area contributed by atoms with Gasteiger partial charge in [-0.3, -0.25) is 14.9 Å². The lowest BCUT2D eigenvalue weighted by Gasteiger charge is -2.21. The Morgan fingerprint density at radius 2 is 1.80 bits per heavy atom. The van der Waals surface area contributed by atoms with E-state index in [1.165, 1.54) is 12.1 Å². The third-order valence-corrected chi connectivity index (χ3v) is 4.08. The summed E-state index contributed by atoms with van der Waals surface area (Å²) in [7, 11) is 0. The summed E-state index contributed by atoms with van der Waals surface area (Å²) in [5.74, 6) is -1.95. The average Bonchev–Trinajstić information content (AvgIpc) is 2.79. The Hall–Kier alpha value is -2.90. The maximum absolute atomic E-state index is 12.2. The van der Waals surface area contributed by atoms with Gasteiger partial charge in [-0.2, -0.15) is 0 Å². The first kappa shape index (κ1) is 18.4. The zero-order chi connectivity index (χ0) is 18.8. The summed E-state index contributed by atoms with van der Waals surface area (Å²) in [6.45, 7) is 5.31. The van der Waals surface area contributed by atoms with Crippen molar-refractivity contribution in [3.05, 3.63) is 35.4 Å². The second kappa shape index (κ2) is 6.92. The van der Waals surface area contributed by atoms with Crippen LogP contribution in [0.1, 0.15) is 43.1 Å². The zero-order valence-corrected chi connectivity index (χ0v) is 14.3. The second-order valence-electron chi connectivity index (χ2n) is 6.60. The number of imide groups is 1. The number of carbonyl (C=O) groups excluding carboxylic acids is 3. The molecule has 1 aromatic carbocycles. The first-order chi connectivity index (χ1) is 11.6. The fourth-order valence-electron chi connectivity index (χ4n) is 2.64. The van der Waals surface area contributed by atoms with Crippen LogP contribution in [0.15, 0.2) is 24.3 Å². The fourth-order valence-corrected chi connectivity index (χ4v) is 2.64. The van der Waals surface area contributed by atoms with Crippen LogP contribution in [0.25, 0.3) is 0 Å². The van der Waals surface area contributed by atoms with Gasteiger partial charge in [0.25, 0.3) is 11.8 Å². The number of carboxylic acid groups (broad SMARTS) is 1. The van der Waals surface area contributed by atoms with Crippen LogP contribution in [0.3, 0.4) is 0 Å². The van der Waals surface area contributed by atoms with E-state index in [1.54, 1.807) is 19.1 Å². The highest BCUT2D eigenvalue weighted by molar-refractivity contribution is 6.07. The first-order valence-corrected chi connectivity index (χ1v) is 7.91. The van der Waals surface area contributed by atoms with Gasteiger partial charge in [0, 0.05) is 5.56 Å². The van der Waals surface area contributed by atoms with Crippen LogP contribution < -0.4 is 16.0 Å². The van der Waals surface area contributed by atoms with Crippen LogP contribution in [-0.4, -0.2) is 35.0 Å². The molecule has 0 bridgehead atoms. The molecule has 1 heterocycles. The number of aliphatic carboxylic acids is 1. The molecule has 1 fully saturated rings. The molecule has 1 aliphatic rings. The van der Waals surface area contributed by atoms with E-state index in [0.717, 1.165) is 0 Å². The van der Waals surface area contributed by atoms with E-state index < -0.39 is 35.4 Å². The van der Waals surface area contributed by atoms with Crippen LogP contribution in [0.5, 0.6) is 0 Å². The minimum absolute atomic E-state index is 0.119. The van der Waals surface area contributed by atoms with E-state index in [-0.39, 0.29) is 11.5 Å². The number of nitrogens with one attached hydrogen (secondary N) is 3. The van der Waals surface area contributed by atoms with Crippen molar-refractivity contribution >= 4 is 23.8 Å². The Balaban J connectivity index is 2.14. The molecular formula is C17H21N3O5. The van der Waals surface area contributed by atoms with Crippen molar-refractivity contribution < 1.29 is 24.3 Å². The van der Waals surface area contributed by atoms with Gasteiger partial charge in [-0.25, -0.2) is 9.59 Å². The van der Waals surface area contributed by atoms with Gasteiger partial charge in [0.1, 0.15) is 11.6 Å². The lowest BCUT2D eigenvalue weighted by molar-refractivity contribution is -0.139. The van der Waals surface area contributed by atoms with E-state index in [0.29, 0.717) is 12.0 Å². The molecule has 0 radical (unpaired) electrons. The summed E-state index contributed by atoms with van der Waals surface area (Å²) in [5.41, 5.74) is -0.413. The molecule has 1 aliphatic heterocycles. The van der Waals surface area contributed by atoms with Gasteiger partial charge in [0.05, 0.1) is 0 Å². The monoisotopic (exact) mass is 347 g/mol. The maximum Gasteiger partial charge on any atom is 0.326 e. The number of urea groups is 1. The molecule has 0 spiro atoms. The van der Waals surface area contributed by atoms with E-state index in [1.807, 2.05) is 13.8 Å². The van der Waals surface area contributed by atoms with Crippen molar-refractivity contribution in [2.75, 3.05) is 0 Å². The Labute approximate surface area is 145 Å². The van der Waals surface area contributed by atoms with Crippen molar-refractivity contribution in [2.45, 2.75) is 38.8 Å². The lowest BCUT2D eigenvalue weighted by Crippen LogP contribution is -2.42. The molecule has 8 nitrogen and oxygen atoms in total. The summed E-state index contributed by atoms with van der Waals surface area (Å²) in [6.07, 6.45) is 0.323. The van der Waals surface area contributed by atoms with Crippen LogP contribution in [-0.2, 0) is 15.1 Å². The summed E-state index contributed by atoms with van der Waals surface area (Å²) >= 11 is 0. The highest BCUT2D eigenvalue weighted by Gasteiger charge is 2.43. The minimum atomic E-state index is -1.20. The topological polar surface area (TPSA) is 125 Å². The number of benzene rings is 1. The van der Waals surface area contributed by atoms with Crippen molar-refractivity contribution in [1.82, 2.24) is 16.0 Å². The van der Waals surface area contributed by atoms with Crippen LogP contribution >= 0.6 is 0 Å². The Morgan fingerprint density at radius 3 is 2.24 bits per heavy atom.